The van der Waals surface area contributed by atoms with Crippen LogP contribution in [0.4, 0.5) is 5.69 Å². The number of methoxy groups -OCH3 is 1. The van der Waals surface area contributed by atoms with E-state index in [2.05, 4.69) is 25.7 Å². The van der Waals surface area contributed by atoms with Crippen LogP contribution in [0.2, 0.25) is 0 Å². The molecule has 0 heterocycles. The van der Waals surface area contributed by atoms with E-state index < -0.39 is 0 Å². The molecular weight excluding hydrogens is 322 g/mol. The molecule has 0 spiro atoms. The number of esters is 1. The molecule has 1 aromatic carbocycles. The maximum absolute atomic E-state index is 11.7. The Hall–Kier alpha value is -1.49. The summed E-state index contributed by atoms with van der Waals surface area (Å²) in [6, 6.07) is 5.11. The number of halogens is 1. The molecule has 1 aliphatic rings. The third-order valence-corrected chi connectivity index (χ3v) is 4.11. The molecule has 2 rings (SSSR count). The second kappa shape index (κ2) is 6.31. The molecule has 1 saturated carbocycles. The van der Waals surface area contributed by atoms with Crippen LogP contribution in [0, 0.1) is 5.92 Å². The fourth-order valence-corrected chi connectivity index (χ4v) is 2.68. The number of rotatable bonds is 2. The highest BCUT2D eigenvalue weighted by molar-refractivity contribution is 9.10. The van der Waals surface area contributed by atoms with Crippen molar-refractivity contribution in [2.45, 2.75) is 26.2 Å². The van der Waals surface area contributed by atoms with Crippen molar-refractivity contribution in [1.82, 2.24) is 0 Å². The number of hydrogen-bond donors (Lipinski definition) is 0. The van der Waals surface area contributed by atoms with Gasteiger partial charge in [0.25, 0.3) is 0 Å². The van der Waals surface area contributed by atoms with Crippen molar-refractivity contribution < 1.29 is 14.3 Å². The highest BCUT2D eigenvalue weighted by Gasteiger charge is 2.24. The molecular formula is C15H16BrNO3. The Morgan fingerprint density at radius 2 is 2.15 bits per heavy atom. The standard InChI is InChI=1S/C15H16BrNO3/c1-9-12(4-3-5-14(9)18)17-13-7-6-10(8-11(13)16)15(19)20-2/h6-9H,3-5H2,1-2H3. The second-order valence-corrected chi connectivity index (χ2v) is 5.66. The quantitative estimate of drug-likeness (QED) is 0.773. The molecule has 106 valence electrons. The van der Waals surface area contributed by atoms with Gasteiger partial charge in [0.1, 0.15) is 5.78 Å². The molecule has 0 bridgehead atoms. The van der Waals surface area contributed by atoms with Gasteiger partial charge in [-0.05, 0) is 47.0 Å². The summed E-state index contributed by atoms with van der Waals surface area (Å²) < 4.78 is 5.39. The van der Waals surface area contributed by atoms with Crippen LogP contribution in [0.25, 0.3) is 0 Å². The summed E-state index contributed by atoms with van der Waals surface area (Å²) in [5, 5.41) is 0. The first-order valence-corrected chi connectivity index (χ1v) is 7.30. The van der Waals surface area contributed by atoms with E-state index in [9.17, 15) is 9.59 Å². The van der Waals surface area contributed by atoms with Crippen molar-refractivity contribution in [1.29, 1.82) is 0 Å². The second-order valence-electron chi connectivity index (χ2n) is 4.80. The first-order valence-electron chi connectivity index (χ1n) is 6.51. The predicted molar refractivity (Wildman–Crippen MR) is 80.6 cm³/mol. The molecule has 0 N–H and O–H groups in total. The summed E-state index contributed by atoms with van der Waals surface area (Å²) in [4.78, 5) is 27.7. The molecule has 1 atom stereocenters. The summed E-state index contributed by atoms with van der Waals surface area (Å²) in [7, 11) is 1.35. The highest BCUT2D eigenvalue weighted by atomic mass is 79.9. The van der Waals surface area contributed by atoms with Gasteiger partial charge in [-0.2, -0.15) is 0 Å². The zero-order valence-corrected chi connectivity index (χ0v) is 13.1. The van der Waals surface area contributed by atoms with Gasteiger partial charge < -0.3 is 4.74 Å². The van der Waals surface area contributed by atoms with Gasteiger partial charge >= 0.3 is 5.97 Å². The zero-order chi connectivity index (χ0) is 14.7. The summed E-state index contributed by atoms with van der Waals surface area (Å²) in [6.45, 7) is 1.90. The van der Waals surface area contributed by atoms with Crippen molar-refractivity contribution >= 4 is 39.1 Å². The van der Waals surface area contributed by atoms with E-state index in [-0.39, 0.29) is 17.7 Å². The van der Waals surface area contributed by atoms with E-state index in [4.69, 9.17) is 0 Å². The van der Waals surface area contributed by atoms with E-state index in [1.54, 1.807) is 18.2 Å². The van der Waals surface area contributed by atoms with E-state index in [1.165, 1.54) is 7.11 Å². The molecule has 1 aromatic rings. The van der Waals surface area contributed by atoms with Gasteiger partial charge in [-0.1, -0.05) is 6.92 Å². The smallest absolute Gasteiger partial charge is 0.337 e. The number of nitrogens with zero attached hydrogens (tertiary/aromatic N) is 1. The number of hydrogen-bond acceptors (Lipinski definition) is 4. The van der Waals surface area contributed by atoms with E-state index in [0.29, 0.717) is 12.0 Å². The number of carbonyl (C=O) groups is 2. The Morgan fingerprint density at radius 3 is 2.80 bits per heavy atom. The predicted octanol–water partition coefficient (Wildman–Crippen LogP) is 3.70. The van der Waals surface area contributed by atoms with E-state index >= 15 is 0 Å². The molecule has 20 heavy (non-hydrogen) atoms. The molecule has 1 aliphatic carbocycles. The third kappa shape index (κ3) is 3.15. The first kappa shape index (κ1) is 14.9. The molecule has 5 heteroatoms. The van der Waals surface area contributed by atoms with Crippen LogP contribution in [-0.4, -0.2) is 24.6 Å². The van der Waals surface area contributed by atoms with Crippen molar-refractivity contribution in [3.8, 4) is 0 Å². The molecule has 0 aromatic heterocycles. The van der Waals surface area contributed by atoms with Crippen LogP contribution in [0.3, 0.4) is 0 Å². The van der Waals surface area contributed by atoms with Crippen LogP contribution < -0.4 is 0 Å². The molecule has 1 fully saturated rings. The number of ketones is 1. The van der Waals surface area contributed by atoms with Crippen LogP contribution >= 0.6 is 15.9 Å². The first-order chi connectivity index (χ1) is 9.52. The van der Waals surface area contributed by atoms with Crippen molar-refractivity contribution in [2.24, 2.45) is 10.9 Å². The SMILES string of the molecule is COC(=O)c1ccc(N=C2CCCC(=O)C2C)c(Br)c1. The van der Waals surface area contributed by atoms with Crippen LogP contribution in [0.5, 0.6) is 0 Å². The van der Waals surface area contributed by atoms with Gasteiger partial charge in [0.05, 0.1) is 24.3 Å². The van der Waals surface area contributed by atoms with Gasteiger partial charge in [-0.3, -0.25) is 9.79 Å². The summed E-state index contributed by atoms with van der Waals surface area (Å²) in [5.41, 5.74) is 2.11. The minimum atomic E-state index is -0.383. The lowest BCUT2D eigenvalue weighted by atomic mass is 9.87. The summed E-state index contributed by atoms with van der Waals surface area (Å²) in [6.07, 6.45) is 2.35. The lowest BCUT2D eigenvalue weighted by Gasteiger charge is -2.19. The van der Waals surface area contributed by atoms with Crippen molar-refractivity contribution in [2.75, 3.05) is 7.11 Å². The lowest BCUT2D eigenvalue weighted by molar-refractivity contribution is -0.121. The maximum atomic E-state index is 11.7. The van der Waals surface area contributed by atoms with Gasteiger partial charge in [-0.15, -0.1) is 0 Å². The minimum Gasteiger partial charge on any atom is -0.465 e. The zero-order valence-electron chi connectivity index (χ0n) is 11.5. The van der Waals surface area contributed by atoms with E-state index in [1.807, 2.05) is 6.92 Å². The molecule has 0 aliphatic heterocycles. The molecule has 0 saturated heterocycles. The minimum absolute atomic E-state index is 0.115. The van der Waals surface area contributed by atoms with E-state index in [0.717, 1.165) is 28.7 Å². The number of aliphatic imine (C=N–C) groups is 1. The molecule has 4 nitrogen and oxygen atoms in total. The average molecular weight is 338 g/mol. The third-order valence-electron chi connectivity index (χ3n) is 3.47. The summed E-state index contributed by atoms with van der Waals surface area (Å²) in [5.74, 6) is -0.251. The van der Waals surface area contributed by atoms with Gasteiger partial charge in [-0.25, -0.2) is 4.79 Å². The highest BCUT2D eigenvalue weighted by Crippen LogP contribution is 2.29. The Kier molecular flexibility index (Phi) is 4.70. The maximum Gasteiger partial charge on any atom is 0.337 e. The number of carbonyl (C=O) groups excluding carboxylic acids is 2. The van der Waals surface area contributed by atoms with Gasteiger partial charge in [0, 0.05) is 16.6 Å². The topological polar surface area (TPSA) is 55.7 Å². The number of Topliss-reactive ketones (excluding diaryl/α,β-unsaturated/α-hetero) is 1. The summed E-state index contributed by atoms with van der Waals surface area (Å²) >= 11 is 3.41. The van der Waals surface area contributed by atoms with Crippen LogP contribution in [-0.2, 0) is 9.53 Å². The van der Waals surface area contributed by atoms with Gasteiger partial charge in [0.2, 0.25) is 0 Å². The monoisotopic (exact) mass is 337 g/mol. The van der Waals surface area contributed by atoms with Crippen LogP contribution in [0.1, 0.15) is 36.5 Å². The van der Waals surface area contributed by atoms with Crippen molar-refractivity contribution in [3.05, 3.63) is 28.2 Å². The van der Waals surface area contributed by atoms with Crippen molar-refractivity contribution in [3.63, 3.8) is 0 Å². The number of benzene rings is 1. The Bertz CT molecular complexity index is 580. The number of ether oxygens (including phenoxy) is 1. The largest absolute Gasteiger partial charge is 0.465 e. The molecule has 0 amide bonds. The fraction of sp³-hybridized carbons (Fsp3) is 0.400. The lowest BCUT2D eigenvalue weighted by Crippen LogP contribution is -2.25. The van der Waals surface area contributed by atoms with Crippen LogP contribution in [0.15, 0.2) is 27.7 Å². The Morgan fingerprint density at radius 1 is 1.40 bits per heavy atom. The van der Waals surface area contributed by atoms with Gasteiger partial charge in [0.15, 0.2) is 0 Å². The molecule has 1 unspecified atom stereocenters. The normalized spacial score (nSPS) is 21.1. The average Bonchev–Trinajstić information content (AvgIpc) is 2.45. The fourth-order valence-electron chi connectivity index (χ4n) is 2.21. The Balaban J connectivity index is 2.29. The molecule has 0 radical (unpaired) electrons. The Labute approximate surface area is 126 Å².